The second-order valence-electron chi connectivity index (χ2n) is 4.15. The lowest BCUT2D eigenvalue weighted by molar-refractivity contribution is -0.114. The maximum Gasteiger partial charge on any atom is 0.244 e. The molecule has 0 heterocycles. The molecule has 3 heteroatoms. The summed E-state index contributed by atoms with van der Waals surface area (Å²) in [5.74, 6) is 0.279. The van der Waals surface area contributed by atoms with Crippen LogP contribution in [0.2, 0.25) is 0 Å². The van der Waals surface area contributed by atoms with E-state index in [4.69, 9.17) is 10.5 Å². The zero-order valence-corrected chi connectivity index (χ0v) is 9.12. The molecule has 0 aromatic rings. The van der Waals surface area contributed by atoms with Gasteiger partial charge in [-0.25, -0.2) is 0 Å². The summed E-state index contributed by atoms with van der Waals surface area (Å²) in [5.41, 5.74) is 5.70. The van der Waals surface area contributed by atoms with Gasteiger partial charge in [0.05, 0.1) is 12.2 Å². The molecule has 80 valence electrons. The van der Waals surface area contributed by atoms with Gasteiger partial charge in [0.15, 0.2) is 0 Å². The Balaban J connectivity index is 2.38. The monoisotopic (exact) mass is 197 g/mol. The molecule has 2 N–H and O–H groups in total. The molecule has 1 rings (SSSR count). The minimum absolute atomic E-state index is 0.0183. The first-order valence-electron chi connectivity index (χ1n) is 5.14. The number of ether oxygens (including phenoxy) is 1. The lowest BCUT2D eigenvalue weighted by Crippen LogP contribution is -2.34. The molecule has 0 aromatic heterocycles. The lowest BCUT2D eigenvalue weighted by Gasteiger charge is -2.35. The zero-order valence-electron chi connectivity index (χ0n) is 9.12. The van der Waals surface area contributed by atoms with Crippen molar-refractivity contribution >= 4 is 5.91 Å². The van der Waals surface area contributed by atoms with E-state index in [1.807, 2.05) is 6.92 Å². The lowest BCUT2D eigenvalue weighted by atomic mass is 9.83. The molecule has 1 aliphatic rings. The van der Waals surface area contributed by atoms with Crippen molar-refractivity contribution in [1.82, 2.24) is 0 Å². The topological polar surface area (TPSA) is 52.3 Å². The van der Waals surface area contributed by atoms with Gasteiger partial charge in [-0.2, -0.15) is 0 Å². The number of carbonyl (C=O) groups is 1. The van der Waals surface area contributed by atoms with Gasteiger partial charge in [-0.1, -0.05) is 6.92 Å². The van der Waals surface area contributed by atoms with Gasteiger partial charge in [-0.3, -0.25) is 4.79 Å². The summed E-state index contributed by atoms with van der Waals surface area (Å²) in [6.07, 6.45) is 4.51. The van der Waals surface area contributed by atoms with Crippen LogP contribution in [0.3, 0.4) is 0 Å². The average Bonchev–Trinajstić information content (AvgIpc) is 2.11. The van der Waals surface area contributed by atoms with Crippen LogP contribution >= 0.6 is 0 Å². The van der Waals surface area contributed by atoms with Gasteiger partial charge in [-0.05, 0) is 38.7 Å². The minimum Gasteiger partial charge on any atom is -0.371 e. The summed E-state index contributed by atoms with van der Waals surface area (Å²) < 4.78 is 5.74. The Morgan fingerprint density at radius 2 is 2.21 bits per heavy atom. The number of carbonyl (C=O) groups excluding carboxylic acids is 1. The third-order valence-electron chi connectivity index (χ3n) is 2.80. The largest absolute Gasteiger partial charge is 0.371 e. The highest BCUT2D eigenvalue weighted by Crippen LogP contribution is 2.30. The molecule has 1 fully saturated rings. The molecule has 1 saturated carbocycles. The smallest absolute Gasteiger partial charge is 0.244 e. The second-order valence-corrected chi connectivity index (χ2v) is 4.15. The summed E-state index contributed by atoms with van der Waals surface area (Å²) in [6, 6.07) is 0. The van der Waals surface area contributed by atoms with E-state index in [0.29, 0.717) is 17.6 Å². The van der Waals surface area contributed by atoms with Gasteiger partial charge in [0.2, 0.25) is 5.91 Å². The van der Waals surface area contributed by atoms with E-state index in [0.717, 1.165) is 6.42 Å². The number of rotatable bonds is 4. The van der Waals surface area contributed by atoms with E-state index in [2.05, 4.69) is 6.92 Å². The summed E-state index contributed by atoms with van der Waals surface area (Å²) in [6.45, 7) is 5.84. The van der Waals surface area contributed by atoms with Crippen molar-refractivity contribution in [3.63, 3.8) is 0 Å². The molecule has 0 spiro atoms. The standard InChI is InChI=1S/C11H19NO2/c1-7-4-5-10(7)14-9(3)6-8(2)11(12)13/h6-7,9-10H,4-5H2,1-3H3,(H2,12,13)/b8-6+. The van der Waals surface area contributed by atoms with Gasteiger partial charge >= 0.3 is 0 Å². The van der Waals surface area contributed by atoms with Crippen molar-refractivity contribution in [2.75, 3.05) is 0 Å². The average molecular weight is 197 g/mol. The van der Waals surface area contributed by atoms with Crippen LogP contribution in [0.4, 0.5) is 0 Å². The Hall–Kier alpha value is -0.830. The number of amides is 1. The molecule has 0 bridgehead atoms. The second kappa shape index (κ2) is 4.60. The Morgan fingerprint density at radius 3 is 2.57 bits per heavy atom. The van der Waals surface area contributed by atoms with Gasteiger partial charge < -0.3 is 10.5 Å². The van der Waals surface area contributed by atoms with Crippen molar-refractivity contribution in [3.05, 3.63) is 11.6 Å². The minimum atomic E-state index is -0.373. The van der Waals surface area contributed by atoms with Crippen LogP contribution < -0.4 is 5.73 Å². The zero-order chi connectivity index (χ0) is 10.7. The molecule has 0 saturated heterocycles. The number of hydrogen-bond acceptors (Lipinski definition) is 2. The maximum atomic E-state index is 10.8. The Bertz CT molecular complexity index is 248. The molecule has 1 amide bonds. The molecule has 1 aliphatic carbocycles. The van der Waals surface area contributed by atoms with Crippen LogP contribution in [0.25, 0.3) is 0 Å². The van der Waals surface area contributed by atoms with E-state index in [9.17, 15) is 4.79 Å². The first-order valence-corrected chi connectivity index (χ1v) is 5.14. The molecule has 14 heavy (non-hydrogen) atoms. The van der Waals surface area contributed by atoms with E-state index >= 15 is 0 Å². The third kappa shape index (κ3) is 2.84. The van der Waals surface area contributed by atoms with E-state index in [1.54, 1.807) is 13.0 Å². The van der Waals surface area contributed by atoms with Crippen LogP contribution in [0.1, 0.15) is 33.6 Å². The van der Waals surface area contributed by atoms with Crippen LogP contribution in [0.15, 0.2) is 11.6 Å². The molecular weight excluding hydrogens is 178 g/mol. The van der Waals surface area contributed by atoms with Crippen LogP contribution in [0, 0.1) is 5.92 Å². The van der Waals surface area contributed by atoms with Gasteiger partial charge in [0, 0.05) is 5.57 Å². The molecule has 3 atom stereocenters. The molecule has 3 nitrogen and oxygen atoms in total. The highest BCUT2D eigenvalue weighted by atomic mass is 16.5. The van der Waals surface area contributed by atoms with Crippen molar-refractivity contribution in [2.45, 2.75) is 45.8 Å². The highest BCUT2D eigenvalue weighted by molar-refractivity contribution is 5.91. The molecule has 0 radical (unpaired) electrons. The summed E-state index contributed by atoms with van der Waals surface area (Å²) in [5, 5.41) is 0. The predicted molar refractivity (Wildman–Crippen MR) is 55.7 cm³/mol. The predicted octanol–water partition coefficient (Wildman–Crippen LogP) is 1.62. The van der Waals surface area contributed by atoms with Crippen molar-refractivity contribution < 1.29 is 9.53 Å². The van der Waals surface area contributed by atoms with Crippen molar-refractivity contribution in [2.24, 2.45) is 11.7 Å². The molecule has 0 aromatic carbocycles. The van der Waals surface area contributed by atoms with Crippen molar-refractivity contribution in [3.8, 4) is 0 Å². The van der Waals surface area contributed by atoms with Crippen LogP contribution in [-0.2, 0) is 9.53 Å². The fraction of sp³-hybridized carbons (Fsp3) is 0.727. The Kier molecular flexibility index (Phi) is 3.69. The fourth-order valence-corrected chi connectivity index (χ4v) is 1.59. The maximum absolute atomic E-state index is 10.8. The Morgan fingerprint density at radius 1 is 1.57 bits per heavy atom. The van der Waals surface area contributed by atoms with E-state index in [1.165, 1.54) is 6.42 Å². The molecule has 3 unspecified atom stereocenters. The number of hydrogen-bond donors (Lipinski definition) is 1. The summed E-state index contributed by atoms with van der Waals surface area (Å²) in [4.78, 5) is 10.8. The van der Waals surface area contributed by atoms with Gasteiger partial charge in [0.25, 0.3) is 0 Å². The normalized spacial score (nSPS) is 29.5. The van der Waals surface area contributed by atoms with Gasteiger partial charge in [0.1, 0.15) is 0 Å². The first-order chi connectivity index (χ1) is 6.50. The Labute approximate surface area is 85.3 Å². The highest BCUT2D eigenvalue weighted by Gasteiger charge is 2.28. The van der Waals surface area contributed by atoms with Gasteiger partial charge in [-0.15, -0.1) is 0 Å². The first kappa shape index (κ1) is 11.2. The third-order valence-corrected chi connectivity index (χ3v) is 2.80. The summed E-state index contributed by atoms with van der Waals surface area (Å²) >= 11 is 0. The molecule has 0 aliphatic heterocycles. The van der Waals surface area contributed by atoms with Crippen LogP contribution in [-0.4, -0.2) is 18.1 Å². The summed E-state index contributed by atoms with van der Waals surface area (Å²) in [7, 11) is 0. The quantitative estimate of drug-likeness (QED) is 0.696. The van der Waals surface area contributed by atoms with Crippen LogP contribution in [0.5, 0.6) is 0 Å². The fourth-order valence-electron chi connectivity index (χ4n) is 1.59. The SMILES string of the molecule is C/C(=C\C(C)OC1CCC1C)C(N)=O. The molecular formula is C11H19NO2. The van der Waals surface area contributed by atoms with E-state index in [-0.39, 0.29) is 12.0 Å². The number of primary amides is 1. The number of nitrogens with two attached hydrogens (primary N) is 1. The van der Waals surface area contributed by atoms with Crippen molar-refractivity contribution in [1.29, 1.82) is 0 Å². The van der Waals surface area contributed by atoms with E-state index < -0.39 is 0 Å².